The van der Waals surface area contributed by atoms with Gasteiger partial charge in [0, 0.05) is 16.7 Å². The van der Waals surface area contributed by atoms with Gasteiger partial charge in [-0.15, -0.1) is 0 Å². The van der Waals surface area contributed by atoms with E-state index in [-0.39, 0.29) is 34.9 Å². The maximum atomic E-state index is 12.4. The predicted molar refractivity (Wildman–Crippen MR) is 91.7 cm³/mol. The van der Waals surface area contributed by atoms with Gasteiger partial charge in [-0.1, -0.05) is 25.5 Å². The predicted octanol–water partition coefficient (Wildman–Crippen LogP) is 2.60. The lowest BCUT2D eigenvalue weighted by molar-refractivity contribution is -0.224. The molecule has 1 spiro atoms. The molecule has 0 aromatic rings. The van der Waals surface area contributed by atoms with Gasteiger partial charge in [0.2, 0.25) is 0 Å². The average Bonchev–Trinajstić information content (AvgIpc) is 2.88. The number of carbonyl (C=O) groups is 2. The molecule has 1 saturated heterocycles. The van der Waals surface area contributed by atoms with Gasteiger partial charge in [-0.25, -0.2) is 0 Å². The van der Waals surface area contributed by atoms with Crippen LogP contribution in [0.2, 0.25) is 0 Å². The van der Waals surface area contributed by atoms with Crippen molar-refractivity contribution in [2.75, 3.05) is 6.61 Å². The Morgan fingerprint density at radius 3 is 2.72 bits per heavy atom. The van der Waals surface area contributed by atoms with Crippen LogP contribution in [0, 0.1) is 28.6 Å². The first kappa shape index (κ1) is 16.0. The van der Waals surface area contributed by atoms with Crippen LogP contribution >= 0.6 is 0 Å². The number of aliphatic hydroxyl groups is 1. The number of fused-ring (bicyclic) bond motifs is 6. The second kappa shape index (κ2) is 4.72. The highest BCUT2D eigenvalue weighted by molar-refractivity contribution is 6.01. The first-order valence-electron chi connectivity index (χ1n) is 9.61. The highest BCUT2D eigenvalue weighted by Gasteiger charge is 2.71. The SMILES string of the molecule is C[C@]12C=CC(=O)C=C1CC[C@@H]1[C@@H]2[C@H](O)C[C@@]2(C)[C@H]1CC[C@@]21OCC1=O. The lowest BCUT2D eigenvalue weighted by Gasteiger charge is -2.61. The molecule has 3 saturated carbocycles. The molecule has 4 fully saturated rings. The Morgan fingerprint density at radius 1 is 1.24 bits per heavy atom. The van der Waals surface area contributed by atoms with E-state index >= 15 is 0 Å². The van der Waals surface area contributed by atoms with E-state index in [1.165, 1.54) is 5.57 Å². The standard InChI is InChI=1S/C21H26O4/c1-19-7-5-13(22)9-12(19)3-4-14-15-6-8-21(17(24)11-25-21)20(15,2)10-16(23)18(14)19/h5,7,9,14-16,18,23H,3-4,6,8,10-11H2,1-2H3/t14-,15-,16+,18+,19-,20-,21-/m0/s1. The van der Waals surface area contributed by atoms with E-state index in [0.29, 0.717) is 18.3 Å². The zero-order valence-electron chi connectivity index (χ0n) is 15.0. The third-order valence-corrected chi connectivity index (χ3v) is 8.52. The third-order valence-electron chi connectivity index (χ3n) is 8.52. The summed E-state index contributed by atoms with van der Waals surface area (Å²) in [6, 6.07) is 0. The Kier molecular flexibility index (Phi) is 3.01. The molecule has 134 valence electrons. The van der Waals surface area contributed by atoms with Crippen molar-refractivity contribution in [2.45, 2.75) is 57.7 Å². The highest BCUT2D eigenvalue weighted by Crippen LogP contribution is 2.68. The summed E-state index contributed by atoms with van der Waals surface area (Å²) in [5.41, 5.74) is 0.0403. The zero-order valence-corrected chi connectivity index (χ0v) is 15.0. The molecular formula is C21H26O4. The molecule has 0 bridgehead atoms. The first-order chi connectivity index (χ1) is 11.8. The zero-order chi connectivity index (χ0) is 17.6. The summed E-state index contributed by atoms with van der Waals surface area (Å²) >= 11 is 0. The molecular weight excluding hydrogens is 316 g/mol. The summed E-state index contributed by atoms with van der Waals surface area (Å²) in [6.07, 6.45) is 9.35. The molecule has 1 aliphatic heterocycles. The molecule has 1 N–H and O–H groups in total. The normalized spacial score (nSPS) is 53.8. The Morgan fingerprint density at radius 2 is 2.04 bits per heavy atom. The van der Waals surface area contributed by atoms with Crippen LogP contribution < -0.4 is 0 Å². The molecule has 4 heteroatoms. The van der Waals surface area contributed by atoms with Crippen molar-refractivity contribution >= 4 is 11.6 Å². The smallest absolute Gasteiger partial charge is 0.190 e. The van der Waals surface area contributed by atoms with Gasteiger partial charge in [-0.2, -0.15) is 0 Å². The molecule has 1 heterocycles. The molecule has 5 aliphatic rings. The number of carbonyl (C=O) groups excluding carboxylic acids is 2. The quantitative estimate of drug-likeness (QED) is 0.735. The van der Waals surface area contributed by atoms with Gasteiger partial charge in [-0.3, -0.25) is 9.59 Å². The highest BCUT2D eigenvalue weighted by atomic mass is 16.5. The van der Waals surface area contributed by atoms with Gasteiger partial charge < -0.3 is 9.84 Å². The first-order valence-corrected chi connectivity index (χ1v) is 9.61. The minimum absolute atomic E-state index is 0.0642. The summed E-state index contributed by atoms with van der Waals surface area (Å²) in [7, 11) is 0. The number of Topliss-reactive ketones (excluding diaryl/α,β-unsaturated/α-hetero) is 1. The van der Waals surface area contributed by atoms with E-state index in [0.717, 1.165) is 25.7 Å². The van der Waals surface area contributed by atoms with Gasteiger partial charge in [0.15, 0.2) is 11.6 Å². The Labute approximate surface area is 148 Å². The fraction of sp³-hybridized carbons (Fsp3) is 0.714. The Hall–Kier alpha value is -1.26. The van der Waals surface area contributed by atoms with Crippen molar-refractivity contribution in [1.82, 2.24) is 0 Å². The maximum Gasteiger partial charge on any atom is 0.190 e. The van der Waals surface area contributed by atoms with Crippen LogP contribution in [0.3, 0.4) is 0 Å². The fourth-order valence-electron chi connectivity index (χ4n) is 7.31. The molecule has 0 aromatic carbocycles. The molecule has 5 rings (SSSR count). The average molecular weight is 342 g/mol. The third kappa shape index (κ3) is 1.71. The van der Waals surface area contributed by atoms with E-state index in [9.17, 15) is 14.7 Å². The number of aliphatic hydroxyl groups excluding tert-OH is 1. The molecule has 4 aliphatic carbocycles. The molecule has 25 heavy (non-hydrogen) atoms. The summed E-state index contributed by atoms with van der Waals surface area (Å²) in [5, 5.41) is 11.2. The molecule has 4 nitrogen and oxygen atoms in total. The monoisotopic (exact) mass is 342 g/mol. The van der Waals surface area contributed by atoms with Crippen molar-refractivity contribution in [3.63, 3.8) is 0 Å². The van der Waals surface area contributed by atoms with Crippen LogP contribution in [-0.4, -0.2) is 35.0 Å². The summed E-state index contributed by atoms with van der Waals surface area (Å²) < 4.78 is 5.91. The number of ether oxygens (including phenoxy) is 1. The van der Waals surface area contributed by atoms with E-state index in [4.69, 9.17) is 4.74 Å². The lowest BCUT2D eigenvalue weighted by Crippen LogP contribution is -2.67. The van der Waals surface area contributed by atoms with Crippen LogP contribution in [-0.2, 0) is 14.3 Å². The van der Waals surface area contributed by atoms with Crippen LogP contribution in [0.15, 0.2) is 23.8 Å². The second-order valence-corrected chi connectivity index (χ2v) is 9.29. The number of hydrogen-bond acceptors (Lipinski definition) is 4. The van der Waals surface area contributed by atoms with Crippen molar-refractivity contribution in [3.05, 3.63) is 23.8 Å². The van der Waals surface area contributed by atoms with Crippen LogP contribution in [0.25, 0.3) is 0 Å². The minimum Gasteiger partial charge on any atom is -0.393 e. The van der Waals surface area contributed by atoms with Crippen LogP contribution in [0.5, 0.6) is 0 Å². The van der Waals surface area contributed by atoms with E-state index < -0.39 is 11.7 Å². The van der Waals surface area contributed by atoms with Crippen LogP contribution in [0.1, 0.15) is 46.0 Å². The van der Waals surface area contributed by atoms with Crippen molar-refractivity contribution in [3.8, 4) is 0 Å². The Bertz CT molecular complexity index is 736. The molecule has 0 unspecified atom stereocenters. The van der Waals surface area contributed by atoms with Crippen molar-refractivity contribution in [2.24, 2.45) is 28.6 Å². The molecule has 0 aromatic heterocycles. The number of rotatable bonds is 0. The van der Waals surface area contributed by atoms with Gasteiger partial charge in [-0.05, 0) is 56.1 Å². The molecule has 0 amide bonds. The van der Waals surface area contributed by atoms with Crippen molar-refractivity contribution in [1.29, 1.82) is 0 Å². The van der Waals surface area contributed by atoms with E-state index in [1.807, 2.05) is 6.08 Å². The largest absolute Gasteiger partial charge is 0.393 e. The van der Waals surface area contributed by atoms with E-state index in [1.54, 1.807) is 12.2 Å². The molecule has 7 atom stereocenters. The summed E-state index contributed by atoms with van der Waals surface area (Å²) in [4.78, 5) is 24.3. The van der Waals surface area contributed by atoms with Gasteiger partial charge >= 0.3 is 0 Å². The van der Waals surface area contributed by atoms with Crippen molar-refractivity contribution < 1.29 is 19.4 Å². The van der Waals surface area contributed by atoms with Gasteiger partial charge in [0.25, 0.3) is 0 Å². The number of hydrogen-bond donors (Lipinski definition) is 1. The van der Waals surface area contributed by atoms with E-state index in [2.05, 4.69) is 13.8 Å². The topological polar surface area (TPSA) is 63.6 Å². The number of allylic oxidation sites excluding steroid dienone is 4. The number of ketones is 2. The Balaban J connectivity index is 1.56. The summed E-state index contributed by atoms with van der Waals surface area (Å²) in [5.74, 6) is 1.21. The van der Waals surface area contributed by atoms with Crippen LogP contribution in [0.4, 0.5) is 0 Å². The lowest BCUT2D eigenvalue weighted by atomic mass is 9.46. The maximum absolute atomic E-state index is 12.4. The minimum atomic E-state index is -0.640. The van der Waals surface area contributed by atoms with Gasteiger partial charge in [0.1, 0.15) is 12.2 Å². The summed E-state index contributed by atoms with van der Waals surface area (Å²) in [6.45, 7) is 4.59. The fourth-order valence-corrected chi connectivity index (χ4v) is 7.31. The second-order valence-electron chi connectivity index (χ2n) is 9.29. The molecule has 0 radical (unpaired) electrons. The van der Waals surface area contributed by atoms with Gasteiger partial charge in [0.05, 0.1) is 6.10 Å².